The third kappa shape index (κ3) is 4.43. The van der Waals surface area contributed by atoms with Crippen molar-refractivity contribution in [1.82, 2.24) is 5.32 Å². The van der Waals surface area contributed by atoms with Gasteiger partial charge in [0.25, 0.3) is 0 Å². The van der Waals surface area contributed by atoms with Gasteiger partial charge in [-0.15, -0.1) is 0 Å². The highest BCUT2D eigenvalue weighted by molar-refractivity contribution is 5.22. The molecule has 0 aromatic heterocycles. The molecule has 1 aromatic rings. The molecule has 102 valence electrons. The average molecular weight is 249 g/mol. The number of aryl methyl sites for hydroxylation is 1. The lowest BCUT2D eigenvalue weighted by molar-refractivity contribution is -0.00997. The van der Waals surface area contributed by atoms with Crippen molar-refractivity contribution >= 4 is 0 Å². The second-order valence-electron chi connectivity index (χ2n) is 5.50. The number of hydrogen-bond acceptors (Lipinski definition) is 2. The van der Waals surface area contributed by atoms with E-state index in [4.69, 9.17) is 4.74 Å². The third-order valence-corrected chi connectivity index (χ3v) is 3.57. The summed E-state index contributed by atoms with van der Waals surface area (Å²) < 4.78 is 5.63. The van der Waals surface area contributed by atoms with Gasteiger partial charge in [-0.2, -0.15) is 0 Å². The predicted molar refractivity (Wildman–Crippen MR) is 78.1 cm³/mol. The third-order valence-electron chi connectivity index (χ3n) is 3.57. The lowest BCUT2D eigenvalue weighted by Crippen LogP contribution is -2.49. The molecule has 1 rings (SSSR count). The number of benzene rings is 1. The second-order valence-corrected chi connectivity index (χ2v) is 5.50. The van der Waals surface area contributed by atoms with Crippen molar-refractivity contribution in [3.8, 4) is 0 Å². The highest BCUT2D eigenvalue weighted by Crippen LogP contribution is 2.18. The Labute approximate surface area is 112 Å². The van der Waals surface area contributed by atoms with E-state index in [1.807, 2.05) is 0 Å². The van der Waals surface area contributed by atoms with E-state index >= 15 is 0 Å². The quantitative estimate of drug-likeness (QED) is 0.800. The Bertz CT molecular complexity index is 343. The van der Waals surface area contributed by atoms with Crippen LogP contribution in [-0.4, -0.2) is 25.3 Å². The summed E-state index contributed by atoms with van der Waals surface area (Å²) in [5, 5.41) is 3.60. The zero-order valence-corrected chi connectivity index (χ0v) is 12.4. The Morgan fingerprint density at radius 3 is 2.33 bits per heavy atom. The molecule has 1 unspecified atom stereocenters. The van der Waals surface area contributed by atoms with Crippen LogP contribution in [0.15, 0.2) is 24.3 Å². The van der Waals surface area contributed by atoms with E-state index in [0.717, 1.165) is 19.4 Å². The fourth-order valence-corrected chi connectivity index (χ4v) is 1.98. The lowest BCUT2D eigenvalue weighted by atomic mass is 9.91. The van der Waals surface area contributed by atoms with Gasteiger partial charge in [0.2, 0.25) is 0 Å². The summed E-state index contributed by atoms with van der Waals surface area (Å²) in [4.78, 5) is 0. The maximum atomic E-state index is 5.63. The van der Waals surface area contributed by atoms with E-state index in [1.54, 1.807) is 7.11 Å². The molecular formula is C16H27NO. The summed E-state index contributed by atoms with van der Waals surface area (Å²) in [6.07, 6.45) is 2.14. The Morgan fingerprint density at radius 2 is 1.83 bits per heavy atom. The summed E-state index contributed by atoms with van der Waals surface area (Å²) in [5.41, 5.74) is 2.52. The molecule has 0 saturated carbocycles. The summed E-state index contributed by atoms with van der Waals surface area (Å²) in [5.74, 6) is 0. The van der Waals surface area contributed by atoms with Crippen LogP contribution in [0.4, 0.5) is 0 Å². The minimum Gasteiger partial charge on any atom is -0.377 e. The van der Waals surface area contributed by atoms with E-state index in [1.165, 1.54) is 11.1 Å². The standard InChI is InChI=1S/C16H27NO/c1-6-11-17-15(16(3,4)18-5)12-14-9-7-13(2)8-10-14/h7-10,15,17H,6,11-12H2,1-5H3. The van der Waals surface area contributed by atoms with Gasteiger partial charge < -0.3 is 10.1 Å². The fourth-order valence-electron chi connectivity index (χ4n) is 1.98. The molecule has 0 spiro atoms. The number of nitrogens with one attached hydrogen (secondary N) is 1. The predicted octanol–water partition coefficient (Wildman–Crippen LogP) is 3.33. The van der Waals surface area contributed by atoms with Crippen LogP contribution >= 0.6 is 0 Å². The van der Waals surface area contributed by atoms with Crippen molar-refractivity contribution < 1.29 is 4.74 Å². The summed E-state index contributed by atoms with van der Waals surface area (Å²) in [6.45, 7) is 9.64. The maximum absolute atomic E-state index is 5.63. The molecule has 0 aliphatic rings. The van der Waals surface area contributed by atoms with Crippen molar-refractivity contribution in [2.75, 3.05) is 13.7 Å². The highest BCUT2D eigenvalue weighted by atomic mass is 16.5. The summed E-state index contributed by atoms with van der Waals surface area (Å²) in [6, 6.07) is 9.10. The van der Waals surface area contributed by atoms with E-state index in [2.05, 4.69) is 57.3 Å². The molecule has 0 aliphatic heterocycles. The largest absolute Gasteiger partial charge is 0.377 e. The van der Waals surface area contributed by atoms with Crippen LogP contribution in [0.25, 0.3) is 0 Å². The fraction of sp³-hybridized carbons (Fsp3) is 0.625. The van der Waals surface area contributed by atoms with E-state index in [9.17, 15) is 0 Å². The zero-order chi connectivity index (χ0) is 13.6. The first-order valence-corrected chi connectivity index (χ1v) is 6.83. The number of hydrogen-bond donors (Lipinski definition) is 1. The van der Waals surface area contributed by atoms with Crippen LogP contribution in [0.3, 0.4) is 0 Å². The minimum atomic E-state index is -0.153. The normalized spacial score (nSPS) is 13.6. The molecular weight excluding hydrogens is 222 g/mol. The van der Waals surface area contributed by atoms with Crippen molar-refractivity contribution in [1.29, 1.82) is 0 Å². The number of ether oxygens (including phenoxy) is 1. The molecule has 0 aliphatic carbocycles. The van der Waals surface area contributed by atoms with E-state index in [0.29, 0.717) is 6.04 Å². The van der Waals surface area contributed by atoms with Crippen LogP contribution in [0.5, 0.6) is 0 Å². The molecule has 0 heterocycles. The second kappa shape index (κ2) is 6.91. The van der Waals surface area contributed by atoms with Crippen molar-refractivity contribution in [2.45, 2.75) is 52.2 Å². The van der Waals surface area contributed by atoms with Crippen molar-refractivity contribution in [3.05, 3.63) is 35.4 Å². The first-order chi connectivity index (χ1) is 8.49. The molecule has 1 N–H and O–H groups in total. The van der Waals surface area contributed by atoms with Gasteiger partial charge >= 0.3 is 0 Å². The van der Waals surface area contributed by atoms with Crippen LogP contribution in [0, 0.1) is 6.92 Å². The topological polar surface area (TPSA) is 21.3 Å². The summed E-state index contributed by atoms with van der Waals surface area (Å²) in [7, 11) is 1.79. The van der Waals surface area contributed by atoms with Crippen molar-refractivity contribution in [2.24, 2.45) is 0 Å². The molecule has 18 heavy (non-hydrogen) atoms. The molecule has 0 bridgehead atoms. The molecule has 0 saturated heterocycles. The molecule has 1 atom stereocenters. The first-order valence-electron chi connectivity index (χ1n) is 6.83. The SMILES string of the molecule is CCCNC(Cc1ccc(C)cc1)C(C)(C)OC. The minimum absolute atomic E-state index is 0.153. The molecule has 0 amide bonds. The van der Waals surface area contributed by atoms with Gasteiger partial charge in [-0.25, -0.2) is 0 Å². The molecule has 0 radical (unpaired) electrons. The Balaban J connectivity index is 2.74. The Hall–Kier alpha value is -0.860. The van der Waals surface area contributed by atoms with Crippen LogP contribution in [-0.2, 0) is 11.2 Å². The van der Waals surface area contributed by atoms with Gasteiger partial charge in [0, 0.05) is 13.2 Å². The molecule has 2 heteroatoms. The zero-order valence-electron chi connectivity index (χ0n) is 12.4. The first kappa shape index (κ1) is 15.2. The highest BCUT2D eigenvalue weighted by Gasteiger charge is 2.28. The van der Waals surface area contributed by atoms with Gasteiger partial charge in [-0.1, -0.05) is 36.8 Å². The summed E-state index contributed by atoms with van der Waals surface area (Å²) >= 11 is 0. The van der Waals surface area contributed by atoms with Gasteiger partial charge in [-0.3, -0.25) is 0 Å². The van der Waals surface area contributed by atoms with Crippen LogP contribution in [0.2, 0.25) is 0 Å². The Morgan fingerprint density at radius 1 is 1.22 bits per heavy atom. The maximum Gasteiger partial charge on any atom is 0.0778 e. The van der Waals surface area contributed by atoms with E-state index < -0.39 is 0 Å². The van der Waals surface area contributed by atoms with Gasteiger partial charge in [-0.05, 0) is 45.7 Å². The van der Waals surface area contributed by atoms with Gasteiger partial charge in [0.15, 0.2) is 0 Å². The van der Waals surface area contributed by atoms with Gasteiger partial charge in [0.05, 0.1) is 5.60 Å². The molecule has 2 nitrogen and oxygen atoms in total. The van der Waals surface area contributed by atoms with Crippen LogP contribution < -0.4 is 5.32 Å². The molecule has 1 aromatic carbocycles. The van der Waals surface area contributed by atoms with E-state index in [-0.39, 0.29) is 5.60 Å². The molecule has 0 fully saturated rings. The van der Waals surface area contributed by atoms with Crippen LogP contribution in [0.1, 0.15) is 38.3 Å². The number of methoxy groups -OCH3 is 1. The number of rotatable bonds is 7. The van der Waals surface area contributed by atoms with Gasteiger partial charge in [0.1, 0.15) is 0 Å². The Kier molecular flexibility index (Phi) is 5.83. The monoisotopic (exact) mass is 249 g/mol. The van der Waals surface area contributed by atoms with Crippen molar-refractivity contribution in [3.63, 3.8) is 0 Å². The smallest absolute Gasteiger partial charge is 0.0778 e. The average Bonchev–Trinajstić information content (AvgIpc) is 2.36. The lowest BCUT2D eigenvalue weighted by Gasteiger charge is -2.34.